The van der Waals surface area contributed by atoms with Crippen molar-refractivity contribution in [3.63, 3.8) is 0 Å². The molecule has 0 aromatic rings. The number of likely N-dealkylation sites (tertiary alicyclic amines) is 1. The Bertz CT molecular complexity index is 152. The molecule has 1 fully saturated rings. The van der Waals surface area contributed by atoms with Crippen LogP contribution in [0, 0.1) is 0 Å². The van der Waals surface area contributed by atoms with Gasteiger partial charge in [0.1, 0.15) is 0 Å². The molecule has 1 aliphatic heterocycles. The molecule has 0 aliphatic carbocycles. The highest BCUT2D eigenvalue weighted by molar-refractivity contribution is 4.84. The first-order valence-electron chi connectivity index (χ1n) is 5.13. The minimum atomic E-state index is 0.450. The summed E-state index contributed by atoms with van der Waals surface area (Å²) >= 11 is 0. The molecule has 3 heteroatoms. The molecular formula is C10H22N2O. The Morgan fingerprint density at radius 1 is 1.46 bits per heavy atom. The predicted molar refractivity (Wildman–Crippen MR) is 55.0 cm³/mol. The van der Waals surface area contributed by atoms with Crippen molar-refractivity contribution >= 4 is 0 Å². The lowest BCUT2D eigenvalue weighted by Gasteiger charge is -2.29. The highest BCUT2D eigenvalue weighted by Gasteiger charge is 2.27. The van der Waals surface area contributed by atoms with E-state index in [9.17, 15) is 0 Å². The maximum atomic E-state index is 5.34. The van der Waals surface area contributed by atoms with Crippen LogP contribution in [0.25, 0.3) is 0 Å². The molecule has 0 saturated carbocycles. The van der Waals surface area contributed by atoms with Crippen molar-refractivity contribution in [2.75, 3.05) is 27.2 Å². The lowest BCUT2D eigenvalue weighted by Crippen LogP contribution is -2.45. The number of nitrogens with one attached hydrogen (secondary N) is 1. The van der Waals surface area contributed by atoms with Gasteiger partial charge >= 0.3 is 0 Å². The first kappa shape index (κ1) is 11.0. The minimum Gasteiger partial charge on any atom is -0.380 e. The molecule has 0 aromatic carbocycles. The molecule has 1 rings (SSSR count). The van der Waals surface area contributed by atoms with E-state index in [1.54, 1.807) is 7.11 Å². The first-order valence-corrected chi connectivity index (χ1v) is 5.13. The molecule has 0 spiro atoms. The third kappa shape index (κ3) is 2.66. The molecule has 3 unspecified atom stereocenters. The van der Waals surface area contributed by atoms with Crippen LogP contribution in [0.3, 0.4) is 0 Å². The van der Waals surface area contributed by atoms with Gasteiger partial charge in [0, 0.05) is 32.3 Å². The van der Waals surface area contributed by atoms with Crippen molar-refractivity contribution < 1.29 is 4.74 Å². The van der Waals surface area contributed by atoms with Crippen LogP contribution < -0.4 is 5.32 Å². The van der Waals surface area contributed by atoms with Crippen molar-refractivity contribution in [3.05, 3.63) is 0 Å². The largest absolute Gasteiger partial charge is 0.380 e. The zero-order chi connectivity index (χ0) is 9.84. The lowest BCUT2D eigenvalue weighted by molar-refractivity contribution is 0.0990. The van der Waals surface area contributed by atoms with Crippen molar-refractivity contribution in [2.45, 2.75) is 38.5 Å². The maximum Gasteiger partial charge on any atom is 0.0710 e. The molecular weight excluding hydrogens is 164 g/mol. The number of ether oxygens (including phenoxy) is 1. The molecule has 3 nitrogen and oxygen atoms in total. The van der Waals surface area contributed by atoms with Crippen LogP contribution in [-0.4, -0.2) is 50.3 Å². The van der Waals surface area contributed by atoms with Gasteiger partial charge < -0.3 is 10.1 Å². The highest BCUT2D eigenvalue weighted by Crippen LogP contribution is 2.16. The summed E-state index contributed by atoms with van der Waals surface area (Å²) in [6.07, 6.45) is 1.63. The van der Waals surface area contributed by atoms with Gasteiger partial charge in [-0.05, 0) is 27.3 Å². The molecule has 1 aliphatic rings. The SMILES string of the molecule is CNC(C)C(C)N1CCC(OC)C1. The van der Waals surface area contributed by atoms with Crippen molar-refractivity contribution in [1.82, 2.24) is 10.2 Å². The van der Waals surface area contributed by atoms with E-state index in [1.807, 2.05) is 7.05 Å². The van der Waals surface area contributed by atoms with Crippen LogP contribution in [-0.2, 0) is 4.74 Å². The van der Waals surface area contributed by atoms with E-state index in [0.29, 0.717) is 18.2 Å². The van der Waals surface area contributed by atoms with E-state index in [4.69, 9.17) is 4.74 Å². The summed E-state index contributed by atoms with van der Waals surface area (Å²) in [6.45, 7) is 6.76. The number of likely N-dealkylation sites (N-methyl/N-ethyl adjacent to an activating group) is 1. The Balaban J connectivity index is 2.36. The zero-order valence-electron chi connectivity index (χ0n) is 9.21. The standard InChI is InChI=1S/C10H22N2O/c1-8(11-3)9(2)12-6-5-10(7-12)13-4/h8-11H,5-7H2,1-4H3. The van der Waals surface area contributed by atoms with Gasteiger partial charge in [-0.3, -0.25) is 4.90 Å². The van der Waals surface area contributed by atoms with Crippen LogP contribution in [0.5, 0.6) is 0 Å². The molecule has 1 N–H and O–H groups in total. The van der Waals surface area contributed by atoms with E-state index in [2.05, 4.69) is 24.1 Å². The van der Waals surface area contributed by atoms with Crippen LogP contribution in [0.4, 0.5) is 0 Å². The van der Waals surface area contributed by atoms with E-state index in [0.717, 1.165) is 6.54 Å². The summed E-state index contributed by atoms with van der Waals surface area (Å²) in [6, 6.07) is 1.15. The summed E-state index contributed by atoms with van der Waals surface area (Å²) in [4.78, 5) is 2.50. The zero-order valence-corrected chi connectivity index (χ0v) is 9.21. The number of methoxy groups -OCH3 is 1. The number of hydrogen-bond donors (Lipinski definition) is 1. The van der Waals surface area contributed by atoms with E-state index in [-0.39, 0.29) is 0 Å². The van der Waals surface area contributed by atoms with Gasteiger partial charge in [-0.2, -0.15) is 0 Å². The Kier molecular flexibility index (Phi) is 4.16. The number of rotatable bonds is 4. The fourth-order valence-electron chi connectivity index (χ4n) is 1.87. The Hall–Kier alpha value is -0.120. The third-order valence-corrected chi connectivity index (χ3v) is 3.26. The normalized spacial score (nSPS) is 29.1. The average molecular weight is 186 g/mol. The summed E-state index contributed by atoms with van der Waals surface area (Å²) in [5.41, 5.74) is 0. The summed E-state index contributed by atoms with van der Waals surface area (Å²) in [5, 5.41) is 3.29. The van der Waals surface area contributed by atoms with Crippen LogP contribution >= 0.6 is 0 Å². The molecule has 1 heterocycles. The van der Waals surface area contributed by atoms with Crippen LogP contribution in [0.1, 0.15) is 20.3 Å². The Labute approximate surface area is 81.4 Å². The van der Waals surface area contributed by atoms with Crippen molar-refractivity contribution in [3.8, 4) is 0 Å². The Morgan fingerprint density at radius 3 is 2.62 bits per heavy atom. The predicted octanol–water partition coefficient (Wildman–Crippen LogP) is 0.704. The molecule has 1 saturated heterocycles. The quantitative estimate of drug-likeness (QED) is 0.699. The monoisotopic (exact) mass is 186 g/mol. The van der Waals surface area contributed by atoms with Gasteiger partial charge in [0.25, 0.3) is 0 Å². The van der Waals surface area contributed by atoms with Crippen molar-refractivity contribution in [2.24, 2.45) is 0 Å². The second-order valence-corrected chi connectivity index (χ2v) is 3.96. The Morgan fingerprint density at radius 2 is 2.15 bits per heavy atom. The van der Waals surface area contributed by atoms with Gasteiger partial charge in [-0.25, -0.2) is 0 Å². The molecule has 0 radical (unpaired) electrons. The fraction of sp³-hybridized carbons (Fsp3) is 1.00. The lowest BCUT2D eigenvalue weighted by atomic mass is 10.1. The molecule has 3 atom stereocenters. The van der Waals surface area contributed by atoms with Gasteiger partial charge in [0.2, 0.25) is 0 Å². The van der Waals surface area contributed by atoms with E-state index < -0.39 is 0 Å². The minimum absolute atomic E-state index is 0.450. The fourth-order valence-corrected chi connectivity index (χ4v) is 1.87. The van der Waals surface area contributed by atoms with E-state index in [1.165, 1.54) is 13.0 Å². The topological polar surface area (TPSA) is 24.5 Å². The second-order valence-electron chi connectivity index (χ2n) is 3.96. The first-order chi connectivity index (χ1) is 6.19. The van der Waals surface area contributed by atoms with Gasteiger partial charge in [0.15, 0.2) is 0 Å². The van der Waals surface area contributed by atoms with Crippen molar-refractivity contribution in [1.29, 1.82) is 0 Å². The molecule has 0 bridgehead atoms. The smallest absolute Gasteiger partial charge is 0.0710 e. The van der Waals surface area contributed by atoms with Gasteiger partial charge in [-0.1, -0.05) is 0 Å². The third-order valence-electron chi connectivity index (χ3n) is 3.26. The highest BCUT2D eigenvalue weighted by atomic mass is 16.5. The average Bonchev–Trinajstić information content (AvgIpc) is 2.63. The molecule has 0 amide bonds. The van der Waals surface area contributed by atoms with Gasteiger partial charge in [-0.15, -0.1) is 0 Å². The van der Waals surface area contributed by atoms with Crippen LogP contribution in [0.2, 0.25) is 0 Å². The summed E-state index contributed by atoms with van der Waals surface area (Å²) in [7, 11) is 3.82. The number of nitrogens with zero attached hydrogens (tertiary/aromatic N) is 1. The van der Waals surface area contributed by atoms with Crippen LogP contribution in [0.15, 0.2) is 0 Å². The molecule has 0 aromatic heterocycles. The molecule has 78 valence electrons. The van der Waals surface area contributed by atoms with E-state index >= 15 is 0 Å². The van der Waals surface area contributed by atoms with Gasteiger partial charge in [0.05, 0.1) is 6.10 Å². The maximum absolute atomic E-state index is 5.34. The molecule has 13 heavy (non-hydrogen) atoms. The number of hydrogen-bond acceptors (Lipinski definition) is 3. The second kappa shape index (κ2) is 4.94. The summed E-state index contributed by atoms with van der Waals surface area (Å²) < 4.78 is 5.34. The summed E-state index contributed by atoms with van der Waals surface area (Å²) in [5.74, 6) is 0.